The number of fused-ring (bicyclic) bond motifs is 3. The number of nitrogens with one attached hydrogen (secondary N) is 1. The fourth-order valence-electron chi connectivity index (χ4n) is 3.92. The first-order valence-electron chi connectivity index (χ1n) is 8.29. The number of nitrogens with zero attached hydrogens (tertiary/aromatic N) is 1. The summed E-state index contributed by atoms with van der Waals surface area (Å²) in [5.41, 5.74) is 1.28. The first-order chi connectivity index (χ1) is 10.6. The van der Waals surface area contributed by atoms with Crippen LogP contribution in [0, 0.1) is 0 Å². The number of ether oxygens (including phenoxy) is 1. The SMILES string of the molecule is CC1(C)CC(N2CCNCC2)c2c(ccc3ccccc23)O1.Cl.Cl. The summed E-state index contributed by atoms with van der Waals surface area (Å²) < 4.78 is 6.31. The van der Waals surface area contributed by atoms with E-state index >= 15 is 0 Å². The van der Waals surface area contributed by atoms with Gasteiger partial charge in [-0.2, -0.15) is 0 Å². The average Bonchev–Trinajstić information content (AvgIpc) is 2.53. The van der Waals surface area contributed by atoms with Crippen LogP contribution in [0.1, 0.15) is 31.9 Å². The van der Waals surface area contributed by atoms with Crippen LogP contribution in [0.2, 0.25) is 0 Å². The highest BCUT2D eigenvalue weighted by molar-refractivity contribution is 5.88. The quantitative estimate of drug-likeness (QED) is 0.816. The van der Waals surface area contributed by atoms with Crippen molar-refractivity contribution in [2.75, 3.05) is 26.2 Å². The Kier molecular flexibility index (Phi) is 6.03. The second-order valence-corrected chi connectivity index (χ2v) is 7.07. The maximum Gasteiger partial charge on any atom is 0.125 e. The van der Waals surface area contributed by atoms with Gasteiger partial charge in [-0.05, 0) is 30.7 Å². The molecule has 1 N–H and O–H groups in total. The van der Waals surface area contributed by atoms with Gasteiger partial charge in [0, 0.05) is 44.2 Å². The van der Waals surface area contributed by atoms with Crippen LogP contribution in [-0.4, -0.2) is 36.7 Å². The van der Waals surface area contributed by atoms with E-state index in [1.165, 1.54) is 16.3 Å². The van der Waals surface area contributed by atoms with Crippen molar-refractivity contribution < 1.29 is 4.74 Å². The lowest BCUT2D eigenvalue weighted by molar-refractivity contribution is 0.0269. The van der Waals surface area contributed by atoms with E-state index in [-0.39, 0.29) is 30.4 Å². The molecule has 0 aromatic heterocycles. The number of hydrogen-bond donors (Lipinski definition) is 1. The molecule has 0 aliphatic carbocycles. The Balaban J connectivity index is 0.00000104. The number of benzene rings is 2. The maximum atomic E-state index is 6.31. The predicted molar refractivity (Wildman–Crippen MR) is 105 cm³/mol. The minimum absolute atomic E-state index is 0. The van der Waals surface area contributed by atoms with Crippen molar-refractivity contribution in [1.82, 2.24) is 10.2 Å². The van der Waals surface area contributed by atoms with Crippen LogP contribution in [0.5, 0.6) is 5.75 Å². The van der Waals surface area contributed by atoms with Crippen LogP contribution in [-0.2, 0) is 0 Å². The lowest BCUT2D eigenvalue weighted by Crippen LogP contribution is -2.48. The first-order valence-corrected chi connectivity index (χ1v) is 8.29. The molecular weight excluding hydrogens is 343 g/mol. The van der Waals surface area contributed by atoms with Crippen LogP contribution >= 0.6 is 24.8 Å². The number of hydrogen-bond acceptors (Lipinski definition) is 3. The van der Waals surface area contributed by atoms with Crippen LogP contribution in [0.15, 0.2) is 36.4 Å². The van der Waals surface area contributed by atoms with Gasteiger partial charge in [-0.1, -0.05) is 30.3 Å². The van der Waals surface area contributed by atoms with Crippen molar-refractivity contribution in [1.29, 1.82) is 0 Å². The van der Waals surface area contributed by atoms with Crippen LogP contribution in [0.4, 0.5) is 0 Å². The fourth-order valence-corrected chi connectivity index (χ4v) is 3.92. The molecule has 2 aromatic carbocycles. The van der Waals surface area contributed by atoms with E-state index in [0.29, 0.717) is 6.04 Å². The van der Waals surface area contributed by atoms with E-state index in [0.717, 1.165) is 38.3 Å². The molecule has 2 aromatic rings. The van der Waals surface area contributed by atoms with Gasteiger partial charge in [0.05, 0.1) is 0 Å². The van der Waals surface area contributed by atoms with E-state index in [1.807, 2.05) is 0 Å². The smallest absolute Gasteiger partial charge is 0.125 e. The third-order valence-corrected chi connectivity index (χ3v) is 4.93. The van der Waals surface area contributed by atoms with Crippen molar-refractivity contribution in [2.45, 2.75) is 31.9 Å². The molecule has 0 saturated carbocycles. The zero-order chi connectivity index (χ0) is 15.2. The summed E-state index contributed by atoms with van der Waals surface area (Å²) in [6.07, 6.45) is 1.05. The van der Waals surface area contributed by atoms with Crippen LogP contribution < -0.4 is 10.1 Å². The van der Waals surface area contributed by atoms with Gasteiger partial charge in [-0.3, -0.25) is 4.90 Å². The Morgan fingerprint density at radius 3 is 2.50 bits per heavy atom. The Morgan fingerprint density at radius 2 is 1.75 bits per heavy atom. The fraction of sp³-hybridized carbons (Fsp3) is 0.474. The Labute approximate surface area is 156 Å². The summed E-state index contributed by atoms with van der Waals surface area (Å²) in [4.78, 5) is 2.63. The third kappa shape index (κ3) is 3.50. The lowest BCUT2D eigenvalue weighted by Gasteiger charge is -2.44. The minimum Gasteiger partial charge on any atom is -0.487 e. The molecule has 0 radical (unpaired) electrons. The molecule has 1 fully saturated rings. The second-order valence-electron chi connectivity index (χ2n) is 7.07. The molecular formula is C19H26Cl2N2O. The van der Waals surface area contributed by atoms with E-state index in [1.54, 1.807) is 0 Å². The maximum absolute atomic E-state index is 6.31. The molecule has 1 saturated heterocycles. The molecule has 2 aliphatic heterocycles. The summed E-state index contributed by atoms with van der Waals surface area (Å²) in [6, 6.07) is 13.5. The van der Waals surface area contributed by atoms with Gasteiger partial charge in [-0.15, -0.1) is 24.8 Å². The predicted octanol–water partition coefficient (Wildman–Crippen LogP) is 4.19. The van der Waals surface area contributed by atoms with Gasteiger partial charge in [0.15, 0.2) is 0 Å². The van der Waals surface area contributed by atoms with Crippen molar-refractivity contribution in [3.63, 3.8) is 0 Å². The van der Waals surface area contributed by atoms with E-state index in [2.05, 4.69) is 60.5 Å². The standard InChI is InChI=1S/C19H24N2O.2ClH/c1-19(2)13-16(21-11-9-20-10-12-21)18-15-6-4-3-5-14(15)7-8-17(18)22-19;;/h3-8,16,20H,9-13H2,1-2H3;2*1H. The Hall–Kier alpha value is -1.000. The van der Waals surface area contributed by atoms with Gasteiger partial charge in [0.2, 0.25) is 0 Å². The molecule has 0 amide bonds. The van der Waals surface area contributed by atoms with Gasteiger partial charge >= 0.3 is 0 Å². The molecule has 3 nitrogen and oxygen atoms in total. The van der Waals surface area contributed by atoms with Crippen LogP contribution in [0.25, 0.3) is 10.8 Å². The molecule has 132 valence electrons. The highest BCUT2D eigenvalue weighted by atomic mass is 35.5. The monoisotopic (exact) mass is 368 g/mol. The zero-order valence-corrected chi connectivity index (χ0v) is 15.9. The van der Waals surface area contributed by atoms with Gasteiger partial charge in [0.1, 0.15) is 11.4 Å². The number of rotatable bonds is 1. The van der Waals surface area contributed by atoms with Crippen molar-refractivity contribution in [3.05, 3.63) is 42.0 Å². The molecule has 4 rings (SSSR count). The average molecular weight is 369 g/mol. The summed E-state index contributed by atoms with van der Waals surface area (Å²) in [5.74, 6) is 1.07. The van der Waals surface area contributed by atoms with Crippen LogP contribution in [0.3, 0.4) is 0 Å². The van der Waals surface area contributed by atoms with E-state index < -0.39 is 0 Å². The topological polar surface area (TPSA) is 24.5 Å². The first kappa shape index (κ1) is 19.3. The third-order valence-electron chi connectivity index (χ3n) is 4.93. The van der Waals surface area contributed by atoms with Crippen molar-refractivity contribution in [2.24, 2.45) is 0 Å². The molecule has 2 aliphatic rings. The molecule has 2 heterocycles. The lowest BCUT2D eigenvalue weighted by atomic mass is 9.85. The summed E-state index contributed by atoms with van der Waals surface area (Å²) in [7, 11) is 0. The summed E-state index contributed by atoms with van der Waals surface area (Å²) in [6.45, 7) is 8.81. The summed E-state index contributed by atoms with van der Waals surface area (Å²) >= 11 is 0. The molecule has 1 unspecified atom stereocenters. The molecule has 5 heteroatoms. The molecule has 24 heavy (non-hydrogen) atoms. The Bertz CT molecular complexity index is 699. The van der Waals surface area contributed by atoms with Gasteiger partial charge in [0.25, 0.3) is 0 Å². The van der Waals surface area contributed by atoms with Gasteiger partial charge in [-0.25, -0.2) is 0 Å². The normalized spacial score (nSPS) is 22.7. The highest BCUT2D eigenvalue weighted by Crippen LogP contribution is 2.45. The molecule has 0 bridgehead atoms. The van der Waals surface area contributed by atoms with Gasteiger partial charge < -0.3 is 10.1 Å². The van der Waals surface area contributed by atoms with Crippen molar-refractivity contribution in [3.8, 4) is 5.75 Å². The molecule has 1 atom stereocenters. The van der Waals surface area contributed by atoms with E-state index in [9.17, 15) is 0 Å². The minimum atomic E-state index is -0.106. The molecule has 0 spiro atoms. The second kappa shape index (κ2) is 7.49. The number of piperazine rings is 1. The van der Waals surface area contributed by atoms with Crippen molar-refractivity contribution >= 4 is 35.6 Å². The zero-order valence-electron chi connectivity index (χ0n) is 14.2. The summed E-state index contributed by atoms with van der Waals surface area (Å²) in [5, 5.41) is 6.12. The highest BCUT2D eigenvalue weighted by Gasteiger charge is 2.38. The van der Waals surface area contributed by atoms with E-state index in [4.69, 9.17) is 4.74 Å². The number of halogens is 2. The largest absolute Gasteiger partial charge is 0.487 e. The Morgan fingerprint density at radius 1 is 1.04 bits per heavy atom.